The fraction of sp³-hybridized carbons (Fsp3) is 0.588. The third-order valence-corrected chi connectivity index (χ3v) is 4.60. The molecule has 0 spiro atoms. The summed E-state index contributed by atoms with van der Waals surface area (Å²) >= 11 is 0. The average Bonchev–Trinajstić information content (AvgIpc) is 2.96. The Balaban J connectivity index is 1.52. The van der Waals surface area contributed by atoms with Crippen LogP contribution in [-0.4, -0.2) is 40.7 Å². The highest BCUT2D eigenvalue weighted by molar-refractivity contribution is 5.85. The molecule has 0 aromatic heterocycles. The number of ether oxygens (including phenoxy) is 1. The lowest BCUT2D eigenvalue weighted by molar-refractivity contribution is -0.152. The molecule has 0 radical (unpaired) electrons. The summed E-state index contributed by atoms with van der Waals surface area (Å²) < 4.78 is 5.93. The summed E-state index contributed by atoms with van der Waals surface area (Å²) in [7, 11) is 0. The van der Waals surface area contributed by atoms with Crippen LogP contribution in [0.25, 0.3) is 0 Å². The SMILES string of the molecule is O=C(N1CCC(Oc2ccccc2)CC1)C1(O)CCCC1. The Morgan fingerprint density at radius 3 is 2.38 bits per heavy atom. The second kappa shape index (κ2) is 6.06. The van der Waals surface area contributed by atoms with Gasteiger partial charge in [0.15, 0.2) is 0 Å². The van der Waals surface area contributed by atoms with Gasteiger partial charge < -0.3 is 14.7 Å². The van der Waals surface area contributed by atoms with Crippen molar-refractivity contribution in [3.63, 3.8) is 0 Å². The van der Waals surface area contributed by atoms with E-state index < -0.39 is 5.60 Å². The normalized spacial score (nSPS) is 22.2. The molecule has 0 atom stereocenters. The lowest BCUT2D eigenvalue weighted by Gasteiger charge is -2.36. The van der Waals surface area contributed by atoms with E-state index in [1.54, 1.807) is 0 Å². The van der Waals surface area contributed by atoms with Crippen molar-refractivity contribution in [2.75, 3.05) is 13.1 Å². The molecule has 1 saturated heterocycles. The minimum absolute atomic E-state index is 0.0711. The molecular formula is C17H23NO3. The summed E-state index contributed by atoms with van der Waals surface area (Å²) in [5.41, 5.74) is -1.09. The van der Waals surface area contributed by atoms with Gasteiger partial charge in [0.05, 0.1) is 0 Å². The topological polar surface area (TPSA) is 49.8 Å². The largest absolute Gasteiger partial charge is 0.490 e. The van der Waals surface area contributed by atoms with Gasteiger partial charge in [-0.3, -0.25) is 4.79 Å². The lowest BCUT2D eigenvalue weighted by Crippen LogP contribution is -2.51. The molecule has 114 valence electrons. The molecule has 2 fully saturated rings. The molecule has 1 aromatic carbocycles. The Kier molecular flexibility index (Phi) is 4.15. The monoisotopic (exact) mass is 289 g/mol. The average molecular weight is 289 g/mol. The van der Waals surface area contributed by atoms with Gasteiger partial charge in [-0.15, -0.1) is 0 Å². The molecule has 2 aliphatic rings. The van der Waals surface area contributed by atoms with Crippen molar-refractivity contribution in [3.05, 3.63) is 30.3 Å². The van der Waals surface area contributed by atoms with Gasteiger partial charge in [-0.1, -0.05) is 18.2 Å². The van der Waals surface area contributed by atoms with E-state index >= 15 is 0 Å². The lowest BCUT2D eigenvalue weighted by atomic mass is 9.98. The predicted octanol–water partition coefficient (Wildman–Crippen LogP) is 2.36. The molecule has 1 N–H and O–H groups in total. The third kappa shape index (κ3) is 3.21. The molecule has 1 aromatic rings. The van der Waals surface area contributed by atoms with Crippen LogP contribution < -0.4 is 4.74 Å². The predicted molar refractivity (Wildman–Crippen MR) is 80.1 cm³/mol. The van der Waals surface area contributed by atoms with Crippen molar-refractivity contribution < 1.29 is 14.6 Å². The molecule has 3 rings (SSSR count). The number of hydrogen-bond donors (Lipinski definition) is 1. The highest BCUT2D eigenvalue weighted by Crippen LogP contribution is 2.32. The quantitative estimate of drug-likeness (QED) is 0.929. The van der Waals surface area contributed by atoms with Crippen LogP contribution in [0.15, 0.2) is 30.3 Å². The van der Waals surface area contributed by atoms with Crippen LogP contribution in [0.3, 0.4) is 0 Å². The third-order valence-electron chi connectivity index (χ3n) is 4.60. The second-order valence-electron chi connectivity index (χ2n) is 6.16. The van der Waals surface area contributed by atoms with Crippen LogP contribution in [0.4, 0.5) is 0 Å². The van der Waals surface area contributed by atoms with E-state index in [0.29, 0.717) is 25.9 Å². The Labute approximate surface area is 125 Å². The molecule has 21 heavy (non-hydrogen) atoms. The van der Waals surface area contributed by atoms with Crippen molar-refractivity contribution in [2.24, 2.45) is 0 Å². The first-order valence-electron chi connectivity index (χ1n) is 7.91. The summed E-state index contributed by atoms with van der Waals surface area (Å²) in [6, 6.07) is 9.81. The minimum Gasteiger partial charge on any atom is -0.490 e. The zero-order valence-electron chi connectivity index (χ0n) is 12.3. The van der Waals surface area contributed by atoms with Crippen LogP contribution in [0, 0.1) is 0 Å². The van der Waals surface area contributed by atoms with Gasteiger partial charge >= 0.3 is 0 Å². The molecular weight excluding hydrogens is 266 g/mol. The van der Waals surface area contributed by atoms with Gasteiger partial charge in [-0.05, 0) is 37.8 Å². The summed E-state index contributed by atoms with van der Waals surface area (Å²) in [5.74, 6) is 0.815. The minimum atomic E-state index is -1.09. The Hall–Kier alpha value is -1.55. The highest BCUT2D eigenvalue weighted by Gasteiger charge is 2.42. The van der Waals surface area contributed by atoms with E-state index in [9.17, 15) is 9.90 Å². The van der Waals surface area contributed by atoms with E-state index in [0.717, 1.165) is 31.4 Å². The van der Waals surface area contributed by atoms with E-state index in [1.807, 2.05) is 35.2 Å². The van der Waals surface area contributed by atoms with E-state index in [1.165, 1.54) is 0 Å². The standard InChI is InChI=1S/C17H23NO3/c19-16(17(20)10-4-5-11-17)18-12-8-15(9-13-18)21-14-6-2-1-3-7-14/h1-3,6-7,15,20H,4-5,8-13H2. The summed E-state index contributed by atoms with van der Waals surface area (Å²) in [5, 5.41) is 10.4. The molecule has 1 saturated carbocycles. The van der Waals surface area contributed by atoms with Gasteiger partial charge in [0.1, 0.15) is 17.5 Å². The zero-order chi connectivity index (χ0) is 14.7. The number of hydrogen-bond acceptors (Lipinski definition) is 3. The van der Waals surface area contributed by atoms with Gasteiger partial charge in [0.2, 0.25) is 0 Å². The number of carbonyl (C=O) groups excluding carboxylic acids is 1. The number of rotatable bonds is 3. The van der Waals surface area contributed by atoms with Crippen molar-refractivity contribution in [1.82, 2.24) is 4.90 Å². The number of para-hydroxylation sites is 1. The van der Waals surface area contributed by atoms with Crippen LogP contribution in [0.5, 0.6) is 5.75 Å². The number of nitrogens with zero attached hydrogens (tertiary/aromatic N) is 1. The van der Waals surface area contributed by atoms with Crippen molar-refractivity contribution in [2.45, 2.75) is 50.2 Å². The smallest absolute Gasteiger partial charge is 0.254 e. The van der Waals surface area contributed by atoms with Crippen LogP contribution in [0.1, 0.15) is 38.5 Å². The Morgan fingerprint density at radius 1 is 1.14 bits per heavy atom. The molecule has 0 bridgehead atoms. The maximum absolute atomic E-state index is 12.4. The van der Waals surface area contributed by atoms with Crippen molar-refractivity contribution in [1.29, 1.82) is 0 Å². The summed E-state index contributed by atoms with van der Waals surface area (Å²) in [6.07, 6.45) is 4.96. The second-order valence-corrected chi connectivity index (χ2v) is 6.16. The molecule has 1 aliphatic heterocycles. The molecule has 0 unspecified atom stereocenters. The van der Waals surface area contributed by atoms with Crippen LogP contribution >= 0.6 is 0 Å². The fourth-order valence-corrected chi connectivity index (χ4v) is 3.34. The molecule has 4 heteroatoms. The summed E-state index contributed by atoms with van der Waals surface area (Å²) in [6.45, 7) is 1.36. The first kappa shape index (κ1) is 14.4. The molecule has 1 heterocycles. The van der Waals surface area contributed by atoms with Crippen LogP contribution in [0.2, 0.25) is 0 Å². The maximum atomic E-state index is 12.4. The first-order valence-corrected chi connectivity index (χ1v) is 7.91. The molecule has 1 aliphatic carbocycles. The van der Waals surface area contributed by atoms with Gasteiger partial charge in [0.25, 0.3) is 5.91 Å². The molecule has 1 amide bonds. The number of piperidine rings is 1. The number of carbonyl (C=O) groups is 1. The van der Waals surface area contributed by atoms with Gasteiger partial charge in [-0.25, -0.2) is 0 Å². The maximum Gasteiger partial charge on any atom is 0.254 e. The first-order chi connectivity index (χ1) is 10.2. The number of likely N-dealkylation sites (tertiary alicyclic amines) is 1. The van der Waals surface area contributed by atoms with Crippen LogP contribution in [-0.2, 0) is 4.79 Å². The number of amides is 1. The van der Waals surface area contributed by atoms with E-state index in [4.69, 9.17) is 4.74 Å². The zero-order valence-corrected chi connectivity index (χ0v) is 12.3. The highest BCUT2D eigenvalue weighted by atomic mass is 16.5. The fourth-order valence-electron chi connectivity index (χ4n) is 3.34. The van der Waals surface area contributed by atoms with Gasteiger partial charge in [0, 0.05) is 25.9 Å². The van der Waals surface area contributed by atoms with E-state index in [-0.39, 0.29) is 12.0 Å². The summed E-state index contributed by atoms with van der Waals surface area (Å²) in [4.78, 5) is 14.2. The van der Waals surface area contributed by atoms with Crippen molar-refractivity contribution in [3.8, 4) is 5.75 Å². The van der Waals surface area contributed by atoms with E-state index in [2.05, 4.69) is 0 Å². The Morgan fingerprint density at radius 2 is 1.76 bits per heavy atom. The van der Waals surface area contributed by atoms with Crippen molar-refractivity contribution >= 4 is 5.91 Å². The Bertz CT molecular complexity index is 474. The van der Waals surface area contributed by atoms with Gasteiger partial charge in [-0.2, -0.15) is 0 Å². The number of benzene rings is 1. The molecule has 4 nitrogen and oxygen atoms in total. The number of aliphatic hydroxyl groups is 1.